The van der Waals surface area contributed by atoms with Gasteiger partial charge in [-0.2, -0.15) is 0 Å². The van der Waals surface area contributed by atoms with Crippen molar-refractivity contribution in [3.63, 3.8) is 0 Å². The van der Waals surface area contributed by atoms with Gasteiger partial charge < -0.3 is 15.1 Å². The van der Waals surface area contributed by atoms with Crippen LogP contribution >= 0.6 is 11.6 Å². The molecule has 0 unspecified atom stereocenters. The summed E-state index contributed by atoms with van der Waals surface area (Å²) in [4.78, 5) is 31.5. The summed E-state index contributed by atoms with van der Waals surface area (Å²) >= 11 is 6.36. The SMILES string of the molecule is CN1C(=O)N[C@@H](c2ccccc2Cl)C2=C1CN(CCN1CCCCC1)C2=O. The van der Waals surface area contributed by atoms with Gasteiger partial charge >= 0.3 is 6.03 Å². The van der Waals surface area contributed by atoms with E-state index >= 15 is 0 Å². The highest BCUT2D eigenvalue weighted by atomic mass is 35.5. The largest absolute Gasteiger partial charge is 0.332 e. The van der Waals surface area contributed by atoms with Crippen molar-refractivity contribution in [1.82, 2.24) is 20.0 Å². The summed E-state index contributed by atoms with van der Waals surface area (Å²) in [6.07, 6.45) is 3.77. The van der Waals surface area contributed by atoms with Crippen LogP contribution in [-0.4, -0.2) is 66.4 Å². The molecular weight excluding hydrogens is 364 g/mol. The quantitative estimate of drug-likeness (QED) is 0.862. The van der Waals surface area contributed by atoms with E-state index in [2.05, 4.69) is 10.2 Å². The van der Waals surface area contributed by atoms with Crippen molar-refractivity contribution in [2.75, 3.05) is 39.8 Å². The van der Waals surface area contributed by atoms with Gasteiger partial charge in [-0.1, -0.05) is 36.2 Å². The number of nitrogens with zero attached hydrogens (tertiary/aromatic N) is 3. The van der Waals surface area contributed by atoms with Crippen LogP contribution in [-0.2, 0) is 4.79 Å². The Balaban J connectivity index is 1.56. The Morgan fingerprint density at radius 3 is 2.59 bits per heavy atom. The second-order valence-corrected chi connectivity index (χ2v) is 7.86. The molecule has 0 spiro atoms. The predicted molar refractivity (Wildman–Crippen MR) is 104 cm³/mol. The summed E-state index contributed by atoms with van der Waals surface area (Å²) in [6.45, 7) is 4.26. The highest BCUT2D eigenvalue weighted by Crippen LogP contribution is 2.37. The minimum absolute atomic E-state index is 0.00113. The fraction of sp³-hybridized carbons (Fsp3) is 0.500. The summed E-state index contributed by atoms with van der Waals surface area (Å²) in [6, 6.07) is 6.68. The molecule has 3 amide bonds. The molecule has 3 heterocycles. The second kappa shape index (κ2) is 7.52. The van der Waals surface area contributed by atoms with Gasteiger partial charge in [0.25, 0.3) is 5.91 Å². The van der Waals surface area contributed by atoms with Crippen LogP contribution < -0.4 is 5.32 Å². The number of halogens is 1. The van der Waals surface area contributed by atoms with Crippen LogP contribution in [0.5, 0.6) is 0 Å². The maximum absolute atomic E-state index is 13.2. The van der Waals surface area contributed by atoms with Gasteiger partial charge in [0.1, 0.15) is 0 Å². The monoisotopic (exact) mass is 388 g/mol. The molecule has 0 bridgehead atoms. The Labute approximate surface area is 164 Å². The third-order valence-electron chi connectivity index (χ3n) is 5.79. The van der Waals surface area contributed by atoms with E-state index in [1.165, 1.54) is 19.3 Å². The summed E-state index contributed by atoms with van der Waals surface area (Å²) in [5.41, 5.74) is 2.19. The lowest BCUT2D eigenvalue weighted by molar-refractivity contribution is -0.126. The molecule has 0 aromatic heterocycles. The molecule has 1 aromatic carbocycles. The number of benzene rings is 1. The zero-order chi connectivity index (χ0) is 19.0. The minimum atomic E-state index is -0.495. The number of carbonyl (C=O) groups excluding carboxylic acids is 2. The average Bonchev–Trinajstić information content (AvgIpc) is 3.01. The van der Waals surface area contributed by atoms with Crippen molar-refractivity contribution in [2.45, 2.75) is 25.3 Å². The molecule has 3 aliphatic rings. The molecule has 1 fully saturated rings. The standard InChI is InChI=1S/C20H25ClN4O2/c1-23-16-13-25(12-11-24-9-5-2-6-10-24)19(26)17(16)18(22-20(23)27)14-7-3-4-8-15(14)21/h3-4,7-8,18H,2,5-6,9-13H2,1H3,(H,22,27)/t18-/m0/s1. The summed E-state index contributed by atoms with van der Waals surface area (Å²) in [7, 11) is 1.72. The van der Waals surface area contributed by atoms with Gasteiger partial charge in [0.15, 0.2) is 0 Å². The average molecular weight is 389 g/mol. The lowest BCUT2D eigenvalue weighted by atomic mass is 9.96. The van der Waals surface area contributed by atoms with E-state index in [9.17, 15) is 9.59 Å². The lowest BCUT2D eigenvalue weighted by Gasteiger charge is -2.31. The molecule has 1 N–H and O–H groups in total. The van der Waals surface area contributed by atoms with Gasteiger partial charge in [-0.25, -0.2) is 4.79 Å². The number of nitrogens with one attached hydrogen (secondary N) is 1. The number of likely N-dealkylation sites (N-methyl/N-ethyl adjacent to an activating group) is 1. The Bertz CT molecular complexity index is 788. The molecule has 0 saturated carbocycles. The molecule has 27 heavy (non-hydrogen) atoms. The fourth-order valence-electron chi connectivity index (χ4n) is 4.19. The zero-order valence-corrected chi connectivity index (χ0v) is 16.3. The number of urea groups is 1. The summed E-state index contributed by atoms with van der Waals surface area (Å²) in [5, 5.41) is 3.49. The first kappa shape index (κ1) is 18.3. The molecule has 3 aliphatic heterocycles. The molecule has 1 saturated heterocycles. The maximum atomic E-state index is 13.2. The highest BCUT2D eigenvalue weighted by Gasteiger charge is 2.43. The van der Waals surface area contributed by atoms with E-state index in [-0.39, 0.29) is 11.9 Å². The Hall–Kier alpha value is -2.05. The number of piperidine rings is 1. The van der Waals surface area contributed by atoms with Crippen LogP contribution in [0, 0.1) is 0 Å². The Kier molecular flexibility index (Phi) is 5.10. The Morgan fingerprint density at radius 1 is 1.11 bits per heavy atom. The van der Waals surface area contributed by atoms with Crippen molar-refractivity contribution in [2.24, 2.45) is 0 Å². The molecular formula is C20H25ClN4O2. The van der Waals surface area contributed by atoms with Gasteiger partial charge in [0.2, 0.25) is 0 Å². The van der Waals surface area contributed by atoms with Gasteiger partial charge in [-0.15, -0.1) is 0 Å². The van der Waals surface area contributed by atoms with Crippen molar-refractivity contribution in [3.8, 4) is 0 Å². The molecule has 7 heteroatoms. The van der Waals surface area contributed by atoms with Crippen LogP contribution in [0.25, 0.3) is 0 Å². The Morgan fingerprint density at radius 2 is 1.85 bits per heavy atom. The molecule has 0 radical (unpaired) electrons. The van der Waals surface area contributed by atoms with Crippen molar-refractivity contribution in [3.05, 3.63) is 46.1 Å². The topological polar surface area (TPSA) is 55.9 Å². The van der Waals surface area contributed by atoms with Crippen molar-refractivity contribution in [1.29, 1.82) is 0 Å². The van der Waals surface area contributed by atoms with Crippen LogP contribution in [0.4, 0.5) is 4.79 Å². The minimum Gasteiger partial charge on any atom is -0.332 e. The molecule has 1 atom stereocenters. The smallest absolute Gasteiger partial charge is 0.322 e. The van der Waals surface area contributed by atoms with E-state index < -0.39 is 6.04 Å². The van der Waals surface area contributed by atoms with Gasteiger partial charge in [-0.05, 0) is 37.6 Å². The predicted octanol–water partition coefficient (Wildman–Crippen LogP) is 2.62. The third kappa shape index (κ3) is 3.44. The van der Waals surface area contributed by atoms with E-state index in [0.717, 1.165) is 30.9 Å². The lowest BCUT2D eigenvalue weighted by Crippen LogP contribution is -2.45. The van der Waals surface area contributed by atoms with Crippen LogP contribution in [0.3, 0.4) is 0 Å². The first-order chi connectivity index (χ1) is 13.1. The zero-order valence-electron chi connectivity index (χ0n) is 15.6. The summed E-state index contributed by atoms with van der Waals surface area (Å²) in [5.74, 6) is -0.00113. The van der Waals surface area contributed by atoms with Crippen LogP contribution in [0.15, 0.2) is 35.5 Å². The molecule has 4 rings (SSSR count). The van der Waals surface area contributed by atoms with Crippen molar-refractivity contribution >= 4 is 23.5 Å². The number of carbonyl (C=O) groups is 2. The first-order valence-electron chi connectivity index (χ1n) is 9.59. The number of rotatable bonds is 4. The van der Waals surface area contributed by atoms with Gasteiger partial charge in [0.05, 0.1) is 23.9 Å². The second-order valence-electron chi connectivity index (χ2n) is 7.45. The van der Waals surface area contributed by atoms with Gasteiger partial charge in [0, 0.05) is 25.2 Å². The molecule has 6 nitrogen and oxygen atoms in total. The van der Waals surface area contributed by atoms with E-state index in [1.54, 1.807) is 18.0 Å². The number of likely N-dealkylation sites (tertiary alicyclic amines) is 1. The highest BCUT2D eigenvalue weighted by molar-refractivity contribution is 6.31. The van der Waals surface area contributed by atoms with Gasteiger partial charge in [-0.3, -0.25) is 9.69 Å². The first-order valence-corrected chi connectivity index (χ1v) is 9.97. The third-order valence-corrected chi connectivity index (χ3v) is 6.13. The summed E-state index contributed by atoms with van der Waals surface area (Å²) < 4.78 is 0. The number of hydrogen-bond donors (Lipinski definition) is 1. The molecule has 144 valence electrons. The molecule has 1 aromatic rings. The molecule has 0 aliphatic carbocycles. The van der Waals surface area contributed by atoms with E-state index in [0.29, 0.717) is 23.7 Å². The van der Waals surface area contributed by atoms with E-state index in [4.69, 9.17) is 11.6 Å². The number of hydrogen-bond acceptors (Lipinski definition) is 3. The fourth-order valence-corrected chi connectivity index (χ4v) is 4.44. The van der Waals surface area contributed by atoms with E-state index in [1.807, 2.05) is 23.1 Å². The maximum Gasteiger partial charge on any atom is 0.322 e. The number of amides is 3. The van der Waals surface area contributed by atoms with Crippen LogP contribution in [0.2, 0.25) is 5.02 Å². The normalized spacial score (nSPS) is 23.7. The van der Waals surface area contributed by atoms with Crippen molar-refractivity contribution < 1.29 is 9.59 Å². The van der Waals surface area contributed by atoms with Crippen LogP contribution in [0.1, 0.15) is 30.9 Å².